The van der Waals surface area contributed by atoms with Crippen LogP contribution in [0.5, 0.6) is 11.5 Å². The van der Waals surface area contributed by atoms with Crippen LogP contribution in [0.15, 0.2) is 54.6 Å². The summed E-state index contributed by atoms with van der Waals surface area (Å²) in [6.07, 6.45) is 0. The highest BCUT2D eigenvalue weighted by Crippen LogP contribution is 2.24. The Morgan fingerprint density at radius 3 is 1.89 bits per heavy atom. The minimum Gasteiger partial charge on any atom is -0.441 e. The molecule has 2 N–H and O–H groups in total. The lowest BCUT2D eigenvalue weighted by atomic mass is 10.1. The van der Waals surface area contributed by atoms with Crippen LogP contribution in [0.3, 0.4) is 0 Å². The van der Waals surface area contributed by atoms with Crippen molar-refractivity contribution in [2.45, 2.75) is 40.7 Å². The van der Waals surface area contributed by atoms with Gasteiger partial charge in [-0.15, -0.1) is 0 Å². The summed E-state index contributed by atoms with van der Waals surface area (Å²) < 4.78 is 10.9. The average molecular weight is 409 g/mol. The number of nitrogens with two attached hydrogens (primary N) is 1. The summed E-state index contributed by atoms with van der Waals surface area (Å²) in [6, 6.07) is 17.0. The van der Waals surface area contributed by atoms with Gasteiger partial charge >= 0.3 is 5.97 Å². The van der Waals surface area contributed by atoms with Crippen LogP contribution in [0.1, 0.15) is 33.3 Å². The van der Waals surface area contributed by atoms with Crippen LogP contribution in [0.4, 0.5) is 0 Å². The Labute approximate surface area is 170 Å². The van der Waals surface area contributed by atoms with Crippen molar-refractivity contribution < 1.29 is 23.6 Å². The highest BCUT2D eigenvalue weighted by molar-refractivity contribution is 7.27. The lowest BCUT2D eigenvalue weighted by molar-refractivity contribution is -0.257. The zero-order valence-corrected chi connectivity index (χ0v) is 18.5. The van der Waals surface area contributed by atoms with E-state index in [9.17, 15) is 4.79 Å². The first kappa shape index (κ1) is 25.9. The van der Waals surface area contributed by atoms with E-state index in [1.165, 1.54) is 12.7 Å². The molecular weight excluding hydrogens is 377 g/mol. The third-order valence-corrected chi connectivity index (χ3v) is 3.88. The van der Waals surface area contributed by atoms with E-state index < -0.39 is 12.0 Å². The molecule has 0 amide bonds. The number of rotatable bonds is 7. The van der Waals surface area contributed by atoms with Crippen LogP contribution in [-0.2, 0) is 14.6 Å². The third-order valence-electron chi connectivity index (χ3n) is 3.24. The Kier molecular flexibility index (Phi) is 14.7. The molecule has 6 nitrogen and oxygen atoms in total. The van der Waals surface area contributed by atoms with Gasteiger partial charge in [0.25, 0.3) is 9.03 Å². The fourth-order valence-electron chi connectivity index (χ4n) is 1.62. The summed E-state index contributed by atoms with van der Waals surface area (Å²) in [6.45, 7) is 9.72. The van der Waals surface area contributed by atoms with E-state index in [-0.39, 0.29) is 15.0 Å². The van der Waals surface area contributed by atoms with Gasteiger partial charge in [-0.2, -0.15) is 4.89 Å². The Hall–Kier alpha value is -2.14. The Balaban J connectivity index is 0.000000528. The largest absolute Gasteiger partial charge is 0.441 e. The Bertz CT molecular complexity index is 635. The van der Waals surface area contributed by atoms with Gasteiger partial charge < -0.3 is 14.8 Å². The summed E-state index contributed by atoms with van der Waals surface area (Å²) in [4.78, 5) is 19.1. The van der Waals surface area contributed by atoms with E-state index in [4.69, 9.17) is 14.8 Å². The van der Waals surface area contributed by atoms with Crippen molar-refractivity contribution in [3.63, 3.8) is 0 Å². The minimum atomic E-state index is -0.597. The predicted molar refractivity (Wildman–Crippen MR) is 114 cm³/mol. The molecule has 2 aromatic rings. The molecule has 0 spiro atoms. The van der Waals surface area contributed by atoms with Crippen molar-refractivity contribution in [1.29, 1.82) is 0 Å². The second-order valence-electron chi connectivity index (χ2n) is 5.75. The molecule has 0 aliphatic carbocycles. The van der Waals surface area contributed by atoms with Crippen LogP contribution < -0.4 is 14.8 Å². The van der Waals surface area contributed by atoms with E-state index in [0.29, 0.717) is 0 Å². The molecule has 0 fully saturated rings. The quantitative estimate of drug-likeness (QED) is 0.391. The lowest BCUT2D eigenvalue weighted by Gasteiger charge is -2.11. The second kappa shape index (κ2) is 15.9. The van der Waals surface area contributed by atoms with Gasteiger partial charge in [-0.3, -0.25) is 4.89 Å². The van der Waals surface area contributed by atoms with Crippen LogP contribution in [-0.4, -0.2) is 19.1 Å². The molecule has 0 heterocycles. The fourth-order valence-corrected chi connectivity index (χ4v) is 2.13. The van der Waals surface area contributed by atoms with Crippen molar-refractivity contribution in [3.8, 4) is 11.5 Å². The maximum Gasteiger partial charge on any atom is 0.359 e. The molecule has 2 atom stereocenters. The molecule has 28 heavy (non-hydrogen) atoms. The Morgan fingerprint density at radius 1 is 0.929 bits per heavy atom. The third kappa shape index (κ3) is 11.5. The Morgan fingerprint density at radius 2 is 1.43 bits per heavy atom. The summed E-state index contributed by atoms with van der Waals surface area (Å²) in [5.41, 5.74) is 6.61. The maximum absolute atomic E-state index is 10.7. The van der Waals surface area contributed by atoms with E-state index in [1.807, 2.05) is 89.2 Å². The molecule has 2 aromatic carbocycles. The molecular formula is C21H32NO5P. The first-order chi connectivity index (χ1) is 13.4. The number of aryl methyl sites for hydroxylation is 1. The summed E-state index contributed by atoms with van der Waals surface area (Å²) in [5, 5.41) is 0. The molecule has 156 valence electrons. The molecule has 2 rings (SSSR count). The first-order valence-electron chi connectivity index (χ1n) is 9.14. The van der Waals surface area contributed by atoms with Crippen molar-refractivity contribution >= 4 is 15.0 Å². The zero-order valence-electron chi connectivity index (χ0n) is 17.5. The SMILES string of the molecule is CC.COOC(=O)C(N)C(C)C.Cc1ccc(OPOc2ccccc2)cc1. The number of benzene rings is 2. The van der Waals surface area contributed by atoms with Crippen molar-refractivity contribution in [3.05, 3.63) is 60.2 Å². The normalized spacial score (nSPS) is 11.0. The highest BCUT2D eigenvalue weighted by Gasteiger charge is 2.19. The van der Waals surface area contributed by atoms with Crippen molar-refractivity contribution in [1.82, 2.24) is 0 Å². The van der Waals surface area contributed by atoms with Gasteiger partial charge in [-0.05, 0) is 37.1 Å². The lowest BCUT2D eigenvalue weighted by Crippen LogP contribution is -2.36. The fraction of sp³-hybridized carbons (Fsp3) is 0.381. The van der Waals surface area contributed by atoms with E-state index in [1.54, 1.807) is 0 Å². The summed E-state index contributed by atoms with van der Waals surface area (Å²) in [5.74, 6) is 1.20. The van der Waals surface area contributed by atoms with Gasteiger partial charge in [-0.1, -0.05) is 63.6 Å². The number of hydrogen-bond acceptors (Lipinski definition) is 6. The van der Waals surface area contributed by atoms with E-state index in [0.717, 1.165) is 11.5 Å². The smallest absolute Gasteiger partial charge is 0.359 e. The molecule has 2 unspecified atom stereocenters. The predicted octanol–water partition coefficient (Wildman–Crippen LogP) is 5.06. The van der Waals surface area contributed by atoms with Crippen LogP contribution in [0.2, 0.25) is 0 Å². The molecule has 0 saturated heterocycles. The minimum absolute atomic E-state index is 0.0161. The summed E-state index contributed by atoms with van der Waals surface area (Å²) >= 11 is 0. The van der Waals surface area contributed by atoms with Crippen LogP contribution >= 0.6 is 9.03 Å². The zero-order chi connectivity index (χ0) is 21.4. The molecule has 0 aliphatic heterocycles. The highest BCUT2D eigenvalue weighted by atomic mass is 31.1. The molecule has 0 radical (unpaired) electrons. The second-order valence-corrected chi connectivity index (χ2v) is 6.33. The van der Waals surface area contributed by atoms with Crippen LogP contribution in [0.25, 0.3) is 0 Å². The van der Waals surface area contributed by atoms with Gasteiger partial charge in [-0.25, -0.2) is 4.79 Å². The standard InChI is InChI=1S/C13H13O2P.C6H13NO3.C2H6/c1-11-7-9-13(10-8-11)15-16-14-12-5-3-2-4-6-12;1-4(2)5(7)6(8)10-9-3;1-2/h2-10,16H,1H3;4-5H,7H2,1-3H3;1-2H3. The van der Waals surface area contributed by atoms with Crippen LogP contribution in [0, 0.1) is 12.8 Å². The van der Waals surface area contributed by atoms with E-state index >= 15 is 0 Å². The number of hydrogen-bond donors (Lipinski definition) is 1. The van der Waals surface area contributed by atoms with Crippen molar-refractivity contribution in [2.24, 2.45) is 11.7 Å². The van der Waals surface area contributed by atoms with Crippen molar-refractivity contribution in [2.75, 3.05) is 7.11 Å². The maximum atomic E-state index is 10.7. The first-order valence-corrected chi connectivity index (χ1v) is 9.96. The van der Waals surface area contributed by atoms with Gasteiger partial charge in [0.05, 0.1) is 7.11 Å². The molecule has 0 aliphatic rings. The molecule has 7 heteroatoms. The topological polar surface area (TPSA) is 80.0 Å². The van der Waals surface area contributed by atoms with Gasteiger partial charge in [0, 0.05) is 0 Å². The van der Waals surface area contributed by atoms with Gasteiger partial charge in [0.15, 0.2) is 0 Å². The van der Waals surface area contributed by atoms with E-state index in [2.05, 4.69) is 9.78 Å². The number of para-hydroxylation sites is 1. The number of carbonyl (C=O) groups is 1. The molecule has 0 bridgehead atoms. The average Bonchev–Trinajstić information content (AvgIpc) is 2.72. The monoisotopic (exact) mass is 409 g/mol. The number of carbonyl (C=O) groups excluding carboxylic acids is 1. The van der Waals surface area contributed by atoms with Gasteiger partial charge in [0.2, 0.25) is 0 Å². The molecule has 0 saturated carbocycles. The van der Waals surface area contributed by atoms with Gasteiger partial charge in [0.1, 0.15) is 17.5 Å². The molecule has 0 aromatic heterocycles. The summed E-state index contributed by atoms with van der Waals surface area (Å²) in [7, 11) is 1.25.